The van der Waals surface area contributed by atoms with Gasteiger partial charge >= 0.3 is 0 Å². The molecule has 1 rings (SSSR count). The Morgan fingerprint density at radius 1 is 1.17 bits per heavy atom. The van der Waals surface area contributed by atoms with Gasteiger partial charge in [0.15, 0.2) is 5.78 Å². The fourth-order valence-corrected chi connectivity index (χ4v) is 1.20. The van der Waals surface area contributed by atoms with E-state index in [1.54, 1.807) is 24.3 Å². The molecule has 0 radical (unpaired) electrons. The monoisotopic (exact) mass is 249 g/mol. The lowest BCUT2D eigenvalue weighted by Gasteiger charge is -2.16. The first-order chi connectivity index (χ1) is 8.29. The summed E-state index contributed by atoms with van der Waals surface area (Å²) in [6.45, 7) is 7.09. The minimum atomic E-state index is -0.393. The van der Waals surface area contributed by atoms with E-state index in [9.17, 15) is 9.59 Å². The Labute approximate surface area is 107 Å². The maximum Gasteiger partial charge on any atom is 0.221 e. The lowest BCUT2D eigenvalue weighted by atomic mass is 9.91. The number of rotatable bonds is 4. The maximum atomic E-state index is 11.7. The summed E-state index contributed by atoms with van der Waals surface area (Å²) in [4.78, 5) is 22.5. The van der Waals surface area contributed by atoms with E-state index in [-0.39, 0.29) is 18.3 Å². The molecule has 1 N–H and O–H groups in total. The lowest BCUT2D eigenvalue weighted by Crippen LogP contribution is -2.26. The molecule has 0 fully saturated rings. The molecule has 0 aliphatic carbocycles. The van der Waals surface area contributed by atoms with Crippen molar-refractivity contribution in [2.45, 2.75) is 27.7 Å². The normalized spacial score (nSPS) is 10.9. The molecule has 0 heterocycles. The van der Waals surface area contributed by atoms with Gasteiger partial charge < -0.3 is 10.1 Å². The summed E-state index contributed by atoms with van der Waals surface area (Å²) in [5, 5.41) is 2.66. The molecular weight excluding hydrogens is 230 g/mol. The molecule has 1 aromatic rings. The number of Topliss-reactive ketones (excluding diaryl/α,β-unsaturated/α-hetero) is 1. The Hall–Kier alpha value is -1.84. The average Bonchev–Trinajstić information content (AvgIpc) is 2.25. The minimum Gasteiger partial charge on any atom is -0.486 e. The van der Waals surface area contributed by atoms with Crippen LogP contribution in [-0.2, 0) is 9.59 Å². The number of ketones is 1. The van der Waals surface area contributed by atoms with Crippen molar-refractivity contribution >= 4 is 17.4 Å². The van der Waals surface area contributed by atoms with Crippen LogP contribution in [0.2, 0.25) is 0 Å². The van der Waals surface area contributed by atoms with Gasteiger partial charge in [-0.3, -0.25) is 9.59 Å². The third-order valence-electron chi connectivity index (χ3n) is 2.38. The standard InChI is InChI=1S/C14H19NO3/c1-10(16)15-11-5-7-12(8-6-11)18-9-13(17)14(2,3)4/h5-8H,9H2,1-4H3,(H,15,16). The number of hydrogen-bond acceptors (Lipinski definition) is 3. The molecular formula is C14H19NO3. The van der Waals surface area contributed by atoms with E-state index in [0.29, 0.717) is 11.4 Å². The summed E-state index contributed by atoms with van der Waals surface area (Å²) in [7, 11) is 0. The largest absolute Gasteiger partial charge is 0.486 e. The Balaban J connectivity index is 2.54. The summed E-state index contributed by atoms with van der Waals surface area (Å²) < 4.78 is 5.39. The van der Waals surface area contributed by atoms with Crippen molar-refractivity contribution in [2.24, 2.45) is 5.41 Å². The second kappa shape index (κ2) is 5.67. The molecule has 4 heteroatoms. The predicted molar refractivity (Wildman–Crippen MR) is 70.7 cm³/mol. The van der Waals surface area contributed by atoms with Gasteiger partial charge in [0.05, 0.1) is 0 Å². The van der Waals surface area contributed by atoms with Gasteiger partial charge in [0, 0.05) is 18.0 Å². The maximum absolute atomic E-state index is 11.7. The van der Waals surface area contributed by atoms with Crippen LogP contribution < -0.4 is 10.1 Å². The molecule has 4 nitrogen and oxygen atoms in total. The Bertz CT molecular complexity index is 429. The van der Waals surface area contributed by atoms with Gasteiger partial charge in [-0.2, -0.15) is 0 Å². The van der Waals surface area contributed by atoms with Crippen LogP contribution in [-0.4, -0.2) is 18.3 Å². The number of carbonyl (C=O) groups is 2. The summed E-state index contributed by atoms with van der Waals surface area (Å²) in [5.41, 5.74) is 0.313. The second-order valence-electron chi connectivity index (χ2n) is 5.17. The predicted octanol–water partition coefficient (Wildman–Crippen LogP) is 2.64. The van der Waals surface area contributed by atoms with Crippen molar-refractivity contribution in [1.29, 1.82) is 0 Å². The summed E-state index contributed by atoms with van der Waals surface area (Å²) >= 11 is 0. The zero-order valence-electron chi connectivity index (χ0n) is 11.2. The first-order valence-electron chi connectivity index (χ1n) is 5.83. The summed E-state index contributed by atoms with van der Waals surface area (Å²) in [6.07, 6.45) is 0. The quantitative estimate of drug-likeness (QED) is 0.892. The fraction of sp³-hybridized carbons (Fsp3) is 0.429. The first-order valence-corrected chi connectivity index (χ1v) is 5.83. The SMILES string of the molecule is CC(=O)Nc1ccc(OCC(=O)C(C)(C)C)cc1. The van der Waals surface area contributed by atoms with Crippen LogP contribution in [0.5, 0.6) is 5.75 Å². The molecule has 0 aromatic heterocycles. The Morgan fingerprint density at radius 2 is 1.72 bits per heavy atom. The van der Waals surface area contributed by atoms with Gasteiger partial charge in [-0.15, -0.1) is 0 Å². The van der Waals surface area contributed by atoms with Crippen LogP contribution >= 0.6 is 0 Å². The molecule has 0 aliphatic heterocycles. The van der Waals surface area contributed by atoms with E-state index in [1.807, 2.05) is 20.8 Å². The number of nitrogens with one attached hydrogen (secondary N) is 1. The van der Waals surface area contributed by atoms with Crippen molar-refractivity contribution < 1.29 is 14.3 Å². The minimum absolute atomic E-state index is 0.0495. The molecule has 0 aliphatic rings. The number of hydrogen-bond donors (Lipinski definition) is 1. The van der Waals surface area contributed by atoms with E-state index in [2.05, 4.69) is 5.32 Å². The van der Waals surface area contributed by atoms with Gasteiger partial charge in [-0.1, -0.05) is 20.8 Å². The third-order valence-corrected chi connectivity index (χ3v) is 2.38. The molecule has 0 bridgehead atoms. The van der Waals surface area contributed by atoms with Crippen LogP contribution in [0, 0.1) is 5.41 Å². The number of ether oxygens (including phenoxy) is 1. The number of carbonyl (C=O) groups excluding carboxylic acids is 2. The van der Waals surface area contributed by atoms with Crippen LogP contribution in [0.1, 0.15) is 27.7 Å². The highest BCUT2D eigenvalue weighted by Gasteiger charge is 2.21. The van der Waals surface area contributed by atoms with E-state index in [1.165, 1.54) is 6.92 Å². The van der Waals surface area contributed by atoms with Crippen molar-refractivity contribution in [3.05, 3.63) is 24.3 Å². The van der Waals surface area contributed by atoms with Crippen molar-refractivity contribution in [1.82, 2.24) is 0 Å². The summed E-state index contributed by atoms with van der Waals surface area (Å²) in [6, 6.07) is 6.92. The molecule has 0 unspecified atom stereocenters. The van der Waals surface area contributed by atoms with E-state index in [4.69, 9.17) is 4.74 Å². The van der Waals surface area contributed by atoms with Crippen LogP contribution in [0.25, 0.3) is 0 Å². The average molecular weight is 249 g/mol. The molecule has 98 valence electrons. The number of amides is 1. The molecule has 18 heavy (non-hydrogen) atoms. The highest BCUT2D eigenvalue weighted by Crippen LogP contribution is 2.18. The van der Waals surface area contributed by atoms with Gasteiger partial charge in [-0.05, 0) is 24.3 Å². The zero-order chi connectivity index (χ0) is 13.8. The molecule has 0 saturated heterocycles. The van der Waals surface area contributed by atoms with Crippen LogP contribution in [0.3, 0.4) is 0 Å². The highest BCUT2D eigenvalue weighted by molar-refractivity contribution is 5.88. The Kier molecular flexibility index (Phi) is 4.48. The van der Waals surface area contributed by atoms with Gasteiger partial charge in [0.2, 0.25) is 5.91 Å². The molecule has 0 atom stereocenters. The first kappa shape index (κ1) is 14.2. The molecule has 0 saturated carbocycles. The van der Waals surface area contributed by atoms with Crippen molar-refractivity contribution in [3.63, 3.8) is 0 Å². The van der Waals surface area contributed by atoms with Gasteiger partial charge in [-0.25, -0.2) is 0 Å². The molecule has 1 amide bonds. The second-order valence-corrected chi connectivity index (χ2v) is 5.17. The lowest BCUT2D eigenvalue weighted by molar-refractivity contribution is -0.128. The van der Waals surface area contributed by atoms with Crippen molar-refractivity contribution in [2.75, 3.05) is 11.9 Å². The zero-order valence-corrected chi connectivity index (χ0v) is 11.2. The molecule has 1 aromatic carbocycles. The highest BCUT2D eigenvalue weighted by atomic mass is 16.5. The van der Waals surface area contributed by atoms with Crippen molar-refractivity contribution in [3.8, 4) is 5.75 Å². The van der Waals surface area contributed by atoms with Gasteiger partial charge in [0.1, 0.15) is 12.4 Å². The number of anilines is 1. The topological polar surface area (TPSA) is 55.4 Å². The van der Waals surface area contributed by atoms with Gasteiger partial charge in [0.25, 0.3) is 0 Å². The van der Waals surface area contributed by atoms with E-state index in [0.717, 1.165) is 0 Å². The smallest absolute Gasteiger partial charge is 0.221 e. The van der Waals surface area contributed by atoms with E-state index >= 15 is 0 Å². The third kappa shape index (κ3) is 4.57. The summed E-state index contributed by atoms with van der Waals surface area (Å²) in [5.74, 6) is 0.543. The number of benzene rings is 1. The van der Waals surface area contributed by atoms with E-state index < -0.39 is 5.41 Å². The fourth-order valence-electron chi connectivity index (χ4n) is 1.20. The molecule has 0 spiro atoms. The van der Waals surface area contributed by atoms with Crippen LogP contribution in [0.4, 0.5) is 5.69 Å². The van der Waals surface area contributed by atoms with Crippen LogP contribution in [0.15, 0.2) is 24.3 Å². The Morgan fingerprint density at radius 3 is 2.17 bits per heavy atom.